The number of hydrogen-bond donors (Lipinski definition) is 3. The smallest absolute Gasteiger partial charge is 0.306 e. The monoisotopic (exact) mass is 835 g/mol. The van der Waals surface area contributed by atoms with Crippen LogP contribution in [0.4, 0.5) is 0 Å². The molecule has 4 aliphatic rings. The summed E-state index contributed by atoms with van der Waals surface area (Å²) >= 11 is 0. The number of halogens is 3. The zero-order valence-corrected chi connectivity index (χ0v) is 38.4. The standard InChI is InChI=1S/C45H82N4O3.3ClH/c1-7-35(33(2)3)17-16-34(4)39-20-21-40-38-19-18-36-32-37(22-24-44(36,5)41(38)23-25-45(39,40)6)52-43(51)15-9-8-14-42(50)49(31-13-27-47)30-11-10-28-48-29-12-26-46;;;/h18,33-35,37-41,48H,7-17,19-32,46-47H2,1-6H3;3*1H/t34-,35-,37+,38+,39-,40+,41+,44+,45-;;;/m1.../s1. The summed E-state index contributed by atoms with van der Waals surface area (Å²) in [7, 11) is 0. The van der Waals surface area contributed by atoms with E-state index in [0.29, 0.717) is 44.3 Å². The Morgan fingerprint density at radius 2 is 1.55 bits per heavy atom. The lowest BCUT2D eigenvalue weighted by atomic mass is 9.47. The van der Waals surface area contributed by atoms with Gasteiger partial charge in [0.15, 0.2) is 0 Å². The van der Waals surface area contributed by atoms with Crippen molar-refractivity contribution in [2.45, 2.75) is 170 Å². The summed E-state index contributed by atoms with van der Waals surface area (Å²) in [6, 6.07) is 0. The van der Waals surface area contributed by atoms with E-state index < -0.39 is 0 Å². The van der Waals surface area contributed by atoms with Gasteiger partial charge in [0.1, 0.15) is 6.10 Å². The van der Waals surface area contributed by atoms with E-state index in [9.17, 15) is 9.59 Å². The Morgan fingerprint density at radius 3 is 2.24 bits per heavy atom. The number of rotatable bonds is 23. The SMILES string of the molecule is CC[C@H](CC[C@@H](C)[C@H]1CC[C@H]2[C@@H]3CC=C4C[C@@H](OC(=O)CCCCC(=O)N(CCCN)CCCCNCCCN)CC[C@]4(C)[C@H]3CC[C@]12C)C(C)C.Cl.Cl.Cl. The number of nitrogens with two attached hydrogens (primary N) is 2. The minimum Gasteiger partial charge on any atom is -0.462 e. The molecule has 3 saturated carbocycles. The summed E-state index contributed by atoms with van der Waals surface area (Å²) in [5, 5.41) is 3.41. The molecule has 0 unspecified atom stereocenters. The third-order valence-corrected chi connectivity index (χ3v) is 15.2. The molecule has 0 aromatic heterocycles. The number of ether oxygens (including phenoxy) is 1. The van der Waals surface area contributed by atoms with Gasteiger partial charge in [-0.15, -0.1) is 37.2 Å². The van der Waals surface area contributed by atoms with Crippen LogP contribution in [0.1, 0.15) is 164 Å². The van der Waals surface area contributed by atoms with Gasteiger partial charge in [0, 0.05) is 32.4 Å². The maximum Gasteiger partial charge on any atom is 0.306 e. The number of carbonyl (C=O) groups excluding carboxylic acids is 2. The first kappa shape index (κ1) is 52.4. The maximum absolute atomic E-state index is 13.0. The Hall–Kier alpha value is -0.570. The van der Waals surface area contributed by atoms with Gasteiger partial charge in [0.2, 0.25) is 5.91 Å². The van der Waals surface area contributed by atoms with Crippen LogP contribution in [0.5, 0.6) is 0 Å². The van der Waals surface area contributed by atoms with E-state index in [1.807, 2.05) is 4.90 Å². The molecule has 4 aliphatic carbocycles. The molecule has 324 valence electrons. The van der Waals surface area contributed by atoms with E-state index >= 15 is 0 Å². The van der Waals surface area contributed by atoms with Crippen molar-refractivity contribution in [2.75, 3.05) is 39.3 Å². The van der Waals surface area contributed by atoms with E-state index in [4.69, 9.17) is 16.2 Å². The lowest BCUT2D eigenvalue weighted by Gasteiger charge is -2.58. The molecule has 0 spiro atoms. The van der Waals surface area contributed by atoms with Gasteiger partial charge in [0.05, 0.1) is 0 Å². The molecule has 4 rings (SSSR count). The van der Waals surface area contributed by atoms with Crippen LogP contribution in [0.15, 0.2) is 11.6 Å². The van der Waals surface area contributed by atoms with Gasteiger partial charge in [-0.05, 0) is 168 Å². The molecule has 0 aromatic carbocycles. The number of carbonyl (C=O) groups is 2. The van der Waals surface area contributed by atoms with Crippen LogP contribution >= 0.6 is 37.2 Å². The number of allylic oxidation sites excluding steroid dienone is 1. The Bertz CT molecular complexity index is 1140. The average Bonchev–Trinajstić information content (AvgIpc) is 3.48. The molecule has 9 atom stereocenters. The number of unbranched alkanes of at least 4 members (excludes halogenated alkanes) is 2. The highest BCUT2D eigenvalue weighted by Gasteiger charge is 2.59. The number of nitrogens with zero attached hydrogens (tertiary/aromatic N) is 1. The predicted molar refractivity (Wildman–Crippen MR) is 238 cm³/mol. The van der Waals surface area contributed by atoms with Gasteiger partial charge < -0.3 is 26.4 Å². The summed E-state index contributed by atoms with van der Waals surface area (Å²) in [6.07, 6.45) is 22.8. The van der Waals surface area contributed by atoms with Gasteiger partial charge >= 0.3 is 5.97 Å². The Balaban J connectivity index is 0.00000504. The van der Waals surface area contributed by atoms with Crippen LogP contribution < -0.4 is 16.8 Å². The van der Waals surface area contributed by atoms with Crippen molar-refractivity contribution < 1.29 is 14.3 Å². The topological polar surface area (TPSA) is 111 Å². The van der Waals surface area contributed by atoms with Crippen molar-refractivity contribution >= 4 is 49.1 Å². The molecule has 0 radical (unpaired) electrons. The van der Waals surface area contributed by atoms with Crippen molar-refractivity contribution in [1.29, 1.82) is 0 Å². The van der Waals surface area contributed by atoms with Gasteiger partial charge in [-0.3, -0.25) is 9.59 Å². The number of nitrogens with one attached hydrogen (secondary N) is 1. The molecule has 0 aliphatic heterocycles. The fourth-order valence-corrected chi connectivity index (χ4v) is 11.9. The third-order valence-electron chi connectivity index (χ3n) is 15.2. The molecular formula is C45H85Cl3N4O3. The second-order valence-electron chi connectivity index (χ2n) is 18.6. The summed E-state index contributed by atoms with van der Waals surface area (Å²) < 4.78 is 6.12. The van der Waals surface area contributed by atoms with Gasteiger partial charge in [-0.2, -0.15) is 0 Å². The summed E-state index contributed by atoms with van der Waals surface area (Å²) in [6.45, 7) is 19.8. The highest BCUT2D eigenvalue weighted by Crippen LogP contribution is 2.67. The van der Waals surface area contributed by atoms with E-state index in [0.717, 1.165) is 112 Å². The number of hydrogen-bond acceptors (Lipinski definition) is 6. The first-order chi connectivity index (χ1) is 25.0. The minimum atomic E-state index is -0.0873. The normalized spacial score (nSPS) is 29.3. The van der Waals surface area contributed by atoms with Gasteiger partial charge in [0.25, 0.3) is 0 Å². The lowest BCUT2D eigenvalue weighted by molar-refractivity contribution is -0.151. The molecule has 5 N–H and O–H groups in total. The Kier molecular flexibility index (Phi) is 24.6. The molecule has 7 nitrogen and oxygen atoms in total. The molecule has 3 fully saturated rings. The Labute approximate surface area is 356 Å². The molecular weight excluding hydrogens is 751 g/mol. The molecule has 1 amide bonds. The summed E-state index contributed by atoms with van der Waals surface area (Å²) in [5.41, 5.74) is 13.7. The van der Waals surface area contributed by atoms with Crippen LogP contribution in [0.3, 0.4) is 0 Å². The maximum atomic E-state index is 13.0. The van der Waals surface area contributed by atoms with Crippen LogP contribution in [0.25, 0.3) is 0 Å². The quantitative estimate of drug-likeness (QED) is 0.0537. The van der Waals surface area contributed by atoms with Crippen LogP contribution in [-0.4, -0.2) is 62.1 Å². The number of amides is 1. The van der Waals surface area contributed by atoms with Crippen molar-refractivity contribution in [3.05, 3.63) is 11.6 Å². The van der Waals surface area contributed by atoms with Crippen molar-refractivity contribution in [3.8, 4) is 0 Å². The molecule has 10 heteroatoms. The number of esters is 1. The molecule has 0 heterocycles. The lowest BCUT2D eigenvalue weighted by Crippen LogP contribution is -2.51. The number of fused-ring (bicyclic) bond motifs is 5. The zero-order valence-electron chi connectivity index (χ0n) is 35.9. The molecule has 0 bridgehead atoms. The van der Waals surface area contributed by atoms with Crippen LogP contribution in [0.2, 0.25) is 0 Å². The first-order valence-electron chi connectivity index (χ1n) is 22.3. The predicted octanol–water partition coefficient (Wildman–Crippen LogP) is 10.3. The summed E-state index contributed by atoms with van der Waals surface area (Å²) in [5.74, 6) is 5.95. The van der Waals surface area contributed by atoms with E-state index in [1.54, 1.807) is 5.57 Å². The van der Waals surface area contributed by atoms with Crippen molar-refractivity contribution in [1.82, 2.24) is 10.2 Å². The summed E-state index contributed by atoms with van der Waals surface area (Å²) in [4.78, 5) is 28.0. The minimum absolute atomic E-state index is 0. The fraction of sp³-hybridized carbons (Fsp3) is 0.911. The first-order valence-corrected chi connectivity index (χ1v) is 22.3. The molecule has 0 saturated heterocycles. The second kappa shape index (κ2) is 25.8. The highest BCUT2D eigenvalue weighted by atomic mass is 35.5. The van der Waals surface area contributed by atoms with Gasteiger partial charge in [-0.1, -0.05) is 66.0 Å². The van der Waals surface area contributed by atoms with Crippen molar-refractivity contribution in [3.63, 3.8) is 0 Å². The fourth-order valence-electron chi connectivity index (χ4n) is 11.9. The molecule has 55 heavy (non-hydrogen) atoms. The largest absolute Gasteiger partial charge is 0.462 e. The Morgan fingerprint density at radius 1 is 0.855 bits per heavy atom. The van der Waals surface area contributed by atoms with Crippen molar-refractivity contribution in [2.24, 2.45) is 63.7 Å². The van der Waals surface area contributed by atoms with E-state index in [-0.39, 0.29) is 60.6 Å². The van der Waals surface area contributed by atoms with Gasteiger partial charge in [-0.25, -0.2) is 0 Å². The second-order valence-corrected chi connectivity index (χ2v) is 18.6. The third kappa shape index (κ3) is 14.0. The van der Waals surface area contributed by atoms with Crippen LogP contribution in [0, 0.1) is 52.3 Å². The molecule has 0 aromatic rings. The average molecular weight is 837 g/mol. The zero-order chi connectivity index (χ0) is 37.7. The van der Waals surface area contributed by atoms with E-state index in [1.165, 1.54) is 51.4 Å². The van der Waals surface area contributed by atoms with E-state index in [2.05, 4.69) is 52.9 Å². The van der Waals surface area contributed by atoms with Crippen LogP contribution in [-0.2, 0) is 14.3 Å². The highest BCUT2D eigenvalue weighted by molar-refractivity contribution is 5.86.